The Balaban J connectivity index is 2.98. The third-order valence-corrected chi connectivity index (χ3v) is 4.37. The summed E-state index contributed by atoms with van der Waals surface area (Å²) in [4.78, 5) is 8.75. The Bertz CT molecular complexity index is 393. The van der Waals surface area contributed by atoms with E-state index in [4.69, 9.17) is 4.98 Å². The van der Waals surface area contributed by atoms with Crippen molar-refractivity contribution in [2.45, 2.75) is 66.3 Å². The summed E-state index contributed by atoms with van der Waals surface area (Å²) in [5.74, 6) is 0. The SMILES string of the molecule is CCCNCc1sc(N(CC)CCC)nc1C(C)(C)C. The molecule has 20 heavy (non-hydrogen) atoms. The largest absolute Gasteiger partial charge is 0.348 e. The van der Waals surface area contributed by atoms with Crippen LogP contribution < -0.4 is 10.2 Å². The summed E-state index contributed by atoms with van der Waals surface area (Å²) < 4.78 is 0. The summed E-state index contributed by atoms with van der Waals surface area (Å²) in [5, 5.41) is 4.71. The van der Waals surface area contributed by atoms with Gasteiger partial charge in [0.1, 0.15) is 0 Å². The van der Waals surface area contributed by atoms with E-state index in [9.17, 15) is 0 Å². The Hall–Kier alpha value is -0.610. The molecular weight excluding hydrogens is 266 g/mol. The van der Waals surface area contributed by atoms with E-state index in [1.165, 1.54) is 28.5 Å². The standard InChI is InChI=1S/C16H31N3S/c1-7-10-17-12-13-14(16(4,5)6)18-15(20-13)19(9-3)11-8-2/h17H,7-12H2,1-6H3. The minimum Gasteiger partial charge on any atom is -0.348 e. The molecule has 1 aromatic heterocycles. The summed E-state index contributed by atoms with van der Waals surface area (Å²) in [6.45, 7) is 17.6. The molecule has 0 saturated carbocycles. The second-order valence-corrected chi connectivity index (χ2v) is 7.34. The van der Waals surface area contributed by atoms with E-state index in [1.807, 2.05) is 11.3 Å². The van der Waals surface area contributed by atoms with Crippen molar-refractivity contribution < 1.29 is 0 Å². The van der Waals surface area contributed by atoms with Crippen molar-refractivity contribution in [1.29, 1.82) is 0 Å². The highest BCUT2D eigenvalue weighted by molar-refractivity contribution is 7.15. The smallest absolute Gasteiger partial charge is 0.185 e. The molecule has 0 saturated heterocycles. The number of nitrogens with one attached hydrogen (secondary N) is 1. The molecule has 116 valence electrons. The van der Waals surface area contributed by atoms with Gasteiger partial charge in [0.25, 0.3) is 0 Å². The molecule has 4 heteroatoms. The minimum atomic E-state index is 0.115. The number of hydrogen-bond acceptors (Lipinski definition) is 4. The maximum absolute atomic E-state index is 4.95. The van der Waals surface area contributed by atoms with Crippen molar-refractivity contribution in [3.63, 3.8) is 0 Å². The molecule has 1 N–H and O–H groups in total. The van der Waals surface area contributed by atoms with Gasteiger partial charge >= 0.3 is 0 Å². The highest BCUT2D eigenvalue weighted by Gasteiger charge is 2.24. The fourth-order valence-corrected chi connectivity index (χ4v) is 3.55. The molecule has 1 heterocycles. The summed E-state index contributed by atoms with van der Waals surface area (Å²) in [6.07, 6.45) is 2.34. The van der Waals surface area contributed by atoms with Gasteiger partial charge in [0.05, 0.1) is 5.69 Å². The molecule has 0 aliphatic rings. The van der Waals surface area contributed by atoms with Gasteiger partial charge in [-0.2, -0.15) is 0 Å². The Morgan fingerprint density at radius 1 is 1.15 bits per heavy atom. The van der Waals surface area contributed by atoms with Crippen LogP contribution in [0.25, 0.3) is 0 Å². The third kappa shape index (κ3) is 4.74. The van der Waals surface area contributed by atoms with Crippen LogP contribution in [0.4, 0.5) is 5.13 Å². The van der Waals surface area contributed by atoms with Crippen LogP contribution >= 0.6 is 11.3 Å². The van der Waals surface area contributed by atoms with Gasteiger partial charge in [-0.1, -0.05) is 34.6 Å². The van der Waals surface area contributed by atoms with Gasteiger partial charge in [0.2, 0.25) is 0 Å². The maximum atomic E-state index is 4.95. The molecule has 0 aliphatic carbocycles. The lowest BCUT2D eigenvalue weighted by Crippen LogP contribution is -2.23. The molecule has 1 rings (SSSR count). The van der Waals surface area contributed by atoms with Gasteiger partial charge in [-0.25, -0.2) is 4.98 Å². The average Bonchev–Trinajstić information content (AvgIpc) is 2.80. The van der Waals surface area contributed by atoms with E-state index in [0.717, 1.165) is 26.2 Å². The van der Waals surface area contributed by atoms with E-state index >= 15 is 0 Å². The fraction of sp³-hybridized carbons (Fsp3) is 0.812. The zero-order chi connectivity index (χ0) is 15.2. The molecule has 0 amide bonds. The number of hydrogen-bond donors (Lipinski definition) is 1. The van der Waals surface area contributed by atoms with Crippen LogP contribution in [0.15, 0.2) is 0 Å². The molecule has 0 atom stereocenters. The molecule has 0 spiro atoms. The fourth-order valence-electron chi connectivity index (χ4n) is 2.22. The predicted molar refractivity (Wildman–Crippen MR) is 91.0 cm³/mol. The van der Waals surface area contributed by atoms with Crippen molar-refractivity contribution in [2.75, 3.05) is 24.5 Å². The Kier molecular flexibility index (Phi) is 6.96. The Morgan fingerprint density at radius 3 is 2.35 bits per heavy atom. The molecule has 0 bridgehead atoms. The Labute approximate surface area is 128 Å². The summed E-state index contributed by atoms with van der Waals surface area (Å²) in [7, 11) is 0. The average molecular weight is 298 g/mol. The number of rotatable bonds is 8. The molecule has 0 unspecified atom stereocenters. The molecule has 0 radical (unpaired) electrons. The zero-order valence-electron chi connectivity index (χ0n) is 14.0. The van der Waals surface area contributed by atoms with Crippen LogP contribution in [0.1, 0.15) is 65.0 Å². The molecule has 0 aliphatic heterocycles. The summed E-state index contributed by atoms with van der Waals surface area (Å²) in [6, 6.07) is 0. The number of aromatic nitrogens is 1. The number of nitrogens with zero attached hydrogens (tertiary/aromatic N) is 2. The van der Waals surface area contributed by atoms with Gasteiger partial charge in [-0.3, -0.25) is 0 Å². The number of thiazole rings is 1. The predicted octanol–water partition coefficient (Wildman–Crippen LogP) is 4.18. The second-order valence-electron chi connectivity index (χ2n) is 6.27. The van der Waals surface area contributed by atoms with E-state index in [0.29, 0.717) is 0 Å². The highest BCUT2D eigenvalue weighted by atomic mass is 32.1. The number of anilines is 1. The van der Waals surface area contributed by atoms with Crippen molar-refractivity contribution in [2.24, 2.45) is 0 Å². The van der Waals surface area contributed by atoms with Gasteiger partial charge in [-0.15, -0.1) is 11.3 Å². The summed E-state index contributed by atoms with van der Waals surface area (Å²) >= 11 is 1.86. The topological polar surface area (TPSA) is 28.2 Å². The van der Waals surface area contributed by atoms with Gasteiger partial charge in [0.15, 0.2) is 5.13 Å². The van der Waals surface area contributed by atoms with E-state index in [1.54, 1.807) is 0 Å². The van der Waals surface area contributed by atoms with Gasteiger partial charge < -0.3 is 10.2 Å². The molecular formula is C16H31N3S. The lowest BCUT2D eigenvalue weighted by atomic mass is 9.91. The molecule has 0 aromatic carbocycles. The van der Waals surface area contributed by atoms with Crippen LogP contribution in [0.2, 0.25) is 0 Å². The third-order valence-electron chi connectivity index (χ3n) is 3.25. The first-order valence-corrected chi connectivity index (χ1v) is 8.71. The lowest BCUT2D eigenvalue weighted by molar-refractivity contribution is 0.558. The van der Waals surface area contributed by atoms with Crippen LogP contribution in [0.5, 0.6) is 0 Å². The van der Waals surface area contributed by atoms with E-state index < -0.39 is 0 Å². The first-order valence-electron chi connectivity index (χ1n) is 7.89. The molecule has 3 nitrogen and oxygen atoms in total. The Morgan fingerprint density at radius 2 is 1.85 bits per heavy atom. The van der Waals surface area contributed by atoms with Crippen molar-refractivity contribution in [3.05, 3.63) is 10.6 Å². The first-order chi connectivity index (χ1) is 9.43. The van der Waals surface area contributed by atoms with Gasteiger partial charge in [-0.05, 0) is 26.3 Å². The van der Waals surface area contributed by atoms with E-state index in [-0.39, 0.29) is 5.41 Å². The quantitative estimate of drug-likeness (QED) is 0.730. The van der Waals surface area contributed by atoms with Crippen molar-refractivity contribution >= 4 is 16.5 Å². The van der Waals surface area contributed by atoms with E-state index in [2.05, 4.69) is 51.8 Å². The second kappa shape index (κ2) is 7.99. The highest BCUT2D eigenvalue weighted by Crippen LogP contribution is 2.33. The van der Waals surface area contributed by atoms with Crippen LogP contribution in [-0.4, -0.2) is 24.6 Å². The zero-order valence-corrected chi connectivity index (χ0v) is 14.9. The lowest BCUT2D eigenvalue weighted by Gasteiger charge is -2.19. The van der Waals surface area contributed by atoms with Gasteiger partial charge in [0, 0.05) is 29.9 Å². The van der Waals surface area contributed by atoms with Crippen LogP contribution in [0, 0.1) is 0 Å². The van der Waals surface area contributed by atoms with Crippen LogP contribution in [-0.2, 0) is 12.0 Å². The molecule has 1 aromatic rings. The van der Waals surface area contributed by atoms with Crippen molar-refractivity contribution in [1.82, 2.24) is 10.3 Å². The maximum Gasteiger partial charge on any atom is 0.185 e. The van der Waals surface area contributed by atoms with Crippen molar-refractivity contribution in [3.8, 4) is 0 Å². The first kappa shape index (κ1) is 17.4. The molecule has 0 fully saturated rings. The summed E-state index contributed by atoms with van der Waals surface area (Å²) in [5.41, 5.74) is 1.37. The monoisotopic (exact) mass is 297 g/mol. The normalized spacial score (nSPS) is 11.9. The van der Waals surface area contributed by atoms with Crippen LogP contribution in [0.3, 0.4) is 0 Å². The minimum absolute atomic E-state index is 0.115.